The number of halogens is 1. The van der Waals surface area contributed by atoms with E-state index < -0.39 is 6.10 Å². The molecule has 1 saturated heterocycles. The highest BCUT2D eigenvalue weighted by molar-refractivity contribution is 5.85. The van der Waals surface area contributed by atoms with Crippen molar-refractivity contribution < 1.29 is 9.53 Å². The van der Waals surface area contributed by atoms with Crippen LogP contribution in [0.1, 0.15) is 50.7 Å². The highest BCUT2D eigenvalue weighted by Crippen LogP contribution is 2.25. The molecule has 25 heavy (non-hydrogen) atoms. The third-order valence-corrected chi connectivity index (χ3v) is 4.94. The normalized spacial score (nSPS) is 16.5. The molecule has 2 rings (SSSR count). The van der Waals surface area contributed by atoms with Gasteiger partial charge in [-0.25, -0.2) is 0 Å². The summed E-state index contributed by atoms with van der Waals surface area (Å²) in [4.78, 5) is 14.6. The highest BCUT2D eigenvalue weighted by atomic mass is 35.5. The fraction of sp³-hybridized carbons (Fsp3) is 0.650. The van der Waals surface area contributed by atoms with E-state index in [1.807, 2.05) is 31.0 Å². The van der Waals surface area contributed by atoms with E-state index in [0.717, 1.165) is 38.2 Å². The van der Waals surface area contributed by atoms with Crippen LogP contribution in [0, 0.1) is 12.8 Å². The van der Waals surface area contributed by atoms with Crippen LogP contribution < -0.4 is 10.1 Å². The van der Waals surface area contributed by atoms with E-state index in [1.165, 1.54) is 11.1 Å². The topological polar surface area (TPSA) is 41.6 Å². The van der Waals surface area contributed by atoms with Gasteiger partial charge >= 0.3 is 0 Å². The van der Waals surface area contributed by atoms with Crippen LogP contribution in [0.25, 0.3) is 0 Å². The number of piperidine rings is 1. The largest absolute Gasteiger partial charge is 0.481 e. The van der Waals surface area contributed by atoms with Gasteiger partial charge in [0.25, 0.3) is 5.91 Å². The molecule has 1 fully saturated rings. The molecule has 0 aliphatic carbocycles. The fourth-order valence-electron chi connectivity index (χ4n) is 3.53. The van der Waals surface area contributed by atoms with Crippen molar-refractivity contribution in [2.45, 2.75) is 52.6 Å². The number of nitrogens with one attached hydrogen (secondary N) is 1. The van der Waals surface area contributed by atoms with Crippen molar-refractivity contribution in [1.82, 2.24) is 10.2 Å². The predicted octanol–water partition coefficient (Wildman–Crippen LogP) is 3.77. The van der Waals surface area contributed by atoms with Gasteiger partial charge in [0, 0.05) is 13.1 Å². The molecule has 5 heteroatoms. The first kappa shape index (κ1) is 21.8. The Kier molecular flexibility index (Phi) is 8.74. The second-order valence-electron chi connectivity index (χ2n) is 7.26. The molecule has 1 heterocycles. The lowest BCUT2D eigenvalue weighted by Gasteiger charge is -2.33. The fourth-order valence-corrected chi connectivity index (χ4v) is 3.53. The van der Waals surface area contributed by atoms with E-state index in [2.05, 4.69) is 32.2 Å². The summed E-state index contributed by atoms with van der Waals surface area (Å²) in [6.45, 7) is 11.0. The van der Waals surface area contributed by atoms with Crippen LogP contribution in [-0.2, 0) is 4.79 Å². The second kappa shape index (κ2) is 10.0. The monoisotopic (exact) mass is 368 g/mol. The minimum absolute atomic E-state index is 0. The van der Waals surface area contributed by atoms with Gasteiger partial charge in [-0.3, -0.25) is 4.79 Å². The van der Waals surface area contributed by atoms with Crippen molar-refractivity contribution >= 4 is 18.3 Å². The van der Waals surface area contributed by atoms with Crippen LogP contribution in [0.3, 0.4) is 0 Å². The van der Waals surface area contributed by atoms with Crippen LogP contribution in [0.2, 0.25) is 0 Å². The number of nitrogens with zero attached hydrogens (tertiary/aromatic N) is 1. The molecule has 1 N–H and O–H groups in total. The van der Waals surface area contributed by atoms with E-state index in [0.29, 0.717) is 11.8 Å². The van der Waals surface area contributed by atoms with E-state index in [9.17, 15) is 4.79 Å². The molecule has 1 unspecified atom stereocenters. The molecule has 0 bridgehead atoms. The Hall–Kier alpha value is -1.26. The van der Waals surface area contributed by atoms with Gasteiger partial charge < -0.3 is 15.0 Å². The number of hydrogen-bond donors (Lipinski definition) is 1. The van der Waals surface area contributed by atoms with Crippen LogP contribution in [0.4, 0.5) is 0 Å². The van der Waals surface area contributed by atoms with Crippen LogP contribution in [-0.4, -0.2) is 43.6 Å². The first-order chi connectivity index (χ1) is 11.4. The number of ether oxygens (including phenoxy) is 1. The maximum absolute atomic E-state index is 12.6. The summed E-state index contributed by atoms with van der Waals surface area (Å²) in [7, 11) is 1.99. The standard InChI is InChI=1S/C20H32N2O2.ClH/c1-14(2)19-7-6-18(12-15(19)3)24-16(4)20(23)22-10-8-17(9-11-22)13-21-5;/h6-7,12,14,16-17,21H,8-11,13H2,1-5H3;1H. The van der Waals surface area contributed by atoms with Crippen LogP contribution >= 0.6 is 12.4 Å². The van der Waals surface area contributed by atoms with Crippen molar-refractivity contribution in [3.05, 3.63) is 29.3 Å². The zero-order valence-electron chi connectivity index (χ0n) is 16.2. The van der Waals surface area contributed by atoms with Crippen LogP contribution in [0.15, 0.2) is 18.2 Å². The van der Waals surface area contributed by atoms with Gasteiger partial charge in [-0.15, -0.1) is 12.4 Å². The van der Waals surface area contributed by atoms with E-state index >= 15 is 0 Å². The lowest BCUT2D eigenvalue weighted by atomic mass is 9.96. The molecule has 0 radical (unpaired) electrons. The van der Waals surface area contributed by atoms with Crippen molar-refractivity contribution in [3.63, 3.8) is 0 Å². The number of benzene rings is 1. The summed E-state index contributed by atoms with van der Waals surface area (Å²) in [6.07, 6.45) is 1.71. The molecule has 0 saturated carbocycles. The Balaban J connectivity index is 0.00000312. The zero-order chi connectivity index (χ0) is 17.7. The molecule has 1 aromatic carbocycles. The molecule has 1 amide bonds. The number of amides is 1. The van der Waals surface area contributed by atoms with Gasteiger partial charge in [0.1, 0.15) is 5.75 Å². The van der Waals surface area contributed by atoms with Gasteiger partial charge in [-0.2, -0.15) is 0 Å². The van der Waals surface area contributed by atoms with Crippen molar-refractivity contribution in [2.24, 2.45) is 5.92 Å². The Morgan fingerprint density at radius 2 is 1.92 bits per heavy atom. The van der Waals surface area contributed by atoms with Gasteiger partial charge in [-0.05, 0) is 75.4 Å². The minimum Gasteiger partial charge on any atom is -0.481 e. The molecule has 142 valence electrons. The van der Waals surface area contributed by atoms with Gasteiger partial charge in [0.05, 0.1) is 0 Å². The maximum Gasteiger partial charge on any atom is 0.263 e. The third kappa shape index (κ3) is 5.89. The number of likely N-dealkylation sites (tertiary alicyclic amines) is 1. The lowest BCUT2D eigenvalue weighted by molar-refractivity contribution is -0.139. The number of hydrogen-bond acceptors (Lipinski definition) is 3. The number of rotatable bonds is 6. The molecule has 1 atom stereocenters. The summed E-state index contributed by atoms with van der Waals surface area (Å²) >= 11 is 0. The van der Waals surface area contributed by atoms with Crippen LogP contribution in [0.5, 0.6) is 5.75 Å². The van der Waals surface area contributed by atoms with Gasteiger partial charge in [0.2, 0.25) is 0 Å². The average Bonchev–Trinajstić information content (AvgIpc) is 2.55. The molecule has 0 aromatic heterocycles. The number of aryl methyl sites for hydroxylation is 1. The minimum atomic E-state index is -0.435. The summed E-state index contributed by atoms with van der Waals surface area (Å²) in [6, 6.07) is 6.12. The van der Waals surface area contributed by atoms with E-state index in [4.69, 9.17) is 4.74 Å². The van der Waals surface area contributed by atoms with Gasteiger partial charge in [-0.1, -0.05) is 19.9 Å². The zero-order valence-corrected chi connectivity index (χ0v) is 17.0. The number of carbonyl (C=O) groups is 1. The Labute approximate surface area is 158 Å². The first-order valence-electron chi connectivity index (χ1n) is 9.13. The Morgan fingerprint density at radius 3 is 2.44 bits per heavy atom. The van der Waals surface area contributed by atoms with Crippen molar-refractivity contribution in [2.75, 3.05) is 26.7 Å². The lowest BCUT2D eigenvalue weighted by Crippen LogP contribution is -2.45. The smallest absolute Gasteiger partial charge is 0.263 e. The summed E-state index contributed by atoms with van der Waals surface area (Å²) in [5.74, 6) is 2.06. The third-order valence-electron chi connectivity index (χ3n) is 4.94. The summed E-state index contributed by atoms with van der Waals surface area (Å²) < 4.78 is 5.92. The second-order valence-corrected chi connectivity index (χ2v) is 7.26. The summed E-state index contributed by atoms with van der Waals surface area (Å²) in [5.41, 5.74) is 2.54. The SMILES string of the molecule is CNCC1CCN(C(=O)C(C)Oc2ccc(C(C)C)c(C)c2)CC1.Cl. The van der Waals surface area contributed by atoms with E-state index in [-0.39, 0.29) is 18.3 Å². The molecule has 1 aromatic rings. The first-order valence-corrected chi connectivity index (χ1v) is 9.13. The molecule has 4 nitrogen and oxygen atoms in total. The molecular formula is C20H33ClN2O2. The quantitative estimate of drug-likeness (QED) is 0.831. The van der Waals surface area contributed by atoms with Gasteiger partial charge in [0.15, 0.2) is 6.10 Å². The van der Waals surface area contributed by atoms with Crippen molar-refractivity contribution in [1.29, 1.82) is 0 Å². The average molecular weight is 369 g/mol. The molecule has 0 spiro atoms. The highest BCUT2D eigenvalue weighted by Gasteiger charge is 2.26. The molecular weight excluding hydrogens is 336 g/mol. The van der Waals surface area contributed by atoms with Crippen molar-refractivity contribution in [3.8, 4) is 5.75 Å². The number of carbonyl (C=O) groups excluding carboxylic acids is 1. The maximum atomic E-state index is 12.6. The molecule has 1 aliphatic heterocycles. The van der Waals surface area contributed by atoms with E-state index in [1.54, 1.807) is 0 Å². The Bertz CT molecular complexity index is 555. The summed E-state index contributed by atoms with van der Waals surface area (Å²) in [5, 5.41) is 3.23. The predicted molar refractivity (Wildman–Crippen MR) is 106 cm³/mol. The molecule has 1 aliphatic rings. The Morgan fingerprint density at radius 1 is 1.28 bits per heavy atom.